The van der Waals surface area contributed by atoms with Crippen molar-refractivity contribution in [2.45, 2.75) is 0 Å². The molecular weight excluding hydrogens is 216 g/mol. The second kappa shape index (κ2) is 12.0. The fourth-order valence-corrected chi connectivity index (χ4v) is 0.470. The van der Waals surface area contributed by atoms with E-state index in [1.807, 2.05) is 0 Å². The van der Waals surface area contributed by atoms with Gasteiger partial charge in [-0.15, -0.1) is 9.05 Å². The maximum Gasteiger partial charge on any atom is 1.00 e. The van der Waals surface area contributed by atoms with Gasteiger partial charge in [-0.25, -0.2) is 0 Å². The van der Waals surface area contributed by atoms with Crippen LogP contribution in [-0.4, -0.2) is 6.79 Å². The Hall–Kier alpha value is 2.04. The third-order valence-corrected chi connectivity index (χ3v) is 0.949. The Balaban J connectivity index is -0.000000320. The van der Waals surface area contributed by atoms with Crippen LogP contribution in [0.4, 0.5) is 0 Å². The van der Waals surface area contributed by atoms with Gasteiger partial charge in [0.1, 0.15) is 0 Å². The quantitative estimate of drug-likeness (QED) is 0.264. The minimum Gasteiger partial charge on any atom is -0.566 e. The molecule has 0 N–H and O–H groups in total. The molecule has 52 valence electrons. The van der Waals surface area contributed by atoms with Crippen molar-refractivity contribution in [2.75, 3.05) is 6.79 Å². The predicted molar refractivity (Wildman–Crippen MR) is 22.2 cm³/mol. The van der Waals surface area contributed by atoms with Crippen LogP contribution in [0.25, 0.3) is 0 Å². The van der Waals surface area contributed by atoms with E-state index in [1.54, 1.807) is 0 Å². The molecular formula is CH2Na2O6P2+2. The van der Waals surface area contributed by atoms with Crippen molar-refractivity contribution in [3.63, 3.8) is 0 Å². The minimum absolute atomic E-state index is 0. The van der Waals surface area contributed by atoms with Gasteiger partial charge in [0.2, 0.25) is 0 Å². The van der Waals surface area contributed by atoms with E-state index in [1.165, 1.54) is 0 Å². The van der Waals surface area contributed by atoms with Gasteiger partial charge in [-0.3, -0.25) is 0 Å². The zero-order valence-corrected chi connectivity index (χ0v) is 11.8. The first-order valence-electron chi connectivity index (χ1n) is 1.67. The van der Waals surface area contributed by atoms with Crippen LogP contribution in [0.5, 0.6) is 0 Å². The molecule has 0 aromatic heterocycles. The second-order valence-electron chi connectivity index (χ2n) is 0.823. The van der Waals surface area contributed by atoms with Crippen LogP contribution in [0.2, 0.25) is 0 Å². The summed E-state index contributed by atoms with van der Waals surface area (Å²) in [7, 11) is -6.05. The summed E-state index contributed by atoms with van der Waals surface area (Å²) in [6.07, 6.45) is 0. The van der Waals surface area contributed by atoms with E-state index in [9.17, 15) is 18.9 Å². The molecule has 0 aliphatic heterocycles. The molecule has 10 heteroatoms. The third-order valence-electron chi connectivity index (χ3n) is 0.316. The monoisotopic (exact) mass is 218 g/mol. The second-order valence-corrected chi connectivity index (χ2v) is 2.23. The SMILES string of the molecule is O=[P+]([O-])OCO[P+](=O)[O-].[Na+].[Na+]. The molecule has 0 rings (SSSR count). The Morgan fingerprint density at radius 2 is 1.27 bits per heavy atom. The molecule has 0 aliphatic rings. The first-order chi connectivity index (χ1) is 4.13. The Morgan fingerprint density at radius 3 is 1.45 bits per heavy atom. The summed E-state index contributed by atoms with van der Waals surface area (Å²) in [6, 6.07) is 0. The molecule has 0 fully saturated rings. The fraction of sp³-hybridized carbons (Fsp3) is 1.00. The summed E-state index contributed by atoms with van der Waals surface area (Å²) in [4.78, 5) is 19.0. The number of rotatable bonds is 4. The van der Waals surface area contributed by atoms with Crippen molar-refractivity contribution in [3.8, 4) is 0 Å². The summed E-state index contributed by atoms with van der Waals surface area (Å²) in [5.74, 6) is 0. The van der Waals surface area contributed by atoms with E-state index in [0.29, 0.717) is 0 Å². The molecule has 0 heterocycles. The predicted octanol–water partition coefficient (Wildman–Crippen LogP) is -6.98. The van der Waals surface area contributed by atoms with Gasteiger partial charge in [-0.05, 0) is 9.13 Å². The molecule has 0 bridgehead atoms. The van der Waals surface area contributed by atoms with Crippen molar-refractivity contribution in [1.29, 1.82) is 0 Å². The van der Waals surface area contributed by atoms with Gasteiger partial charge in [0.15, 0.2) is 0 Å². The van der Waals surface area contributed by atoms with E-state index in [-0.39, 0.29) is 59.1 Å². The Kier molecular flexibility index (Phi) is 20.5. The van der Waals surface area contributed by atoms with E-state index in [0.717, 1.165) is 0 Å². The molecule has 6 nitrogen and oxygen atoms in total. The first-order valence-corrected chi connectivity index (χ1v) is 3.86. The van der Waals surface area contributed by atoms with Crippen LogP contribution in [0.3, 0.4) is 0 Å². The summed E-state index contributed by atoms with van der Waals surface area (Å²) >= 11 is 0. The minimum atomic E-state index is -3.02. The van der Waals surface area contributed by atoms with E-state index < -0.39 is 23.3 Å². The first kappa shape index (κ1) is 18.8. The van der Waals surface area contributed by atoms with E-state index >= 15 is 0 Å². The van der Waals surface area contributed by atoms with Gasteiger partial charge in [-0.2, -0.15) is 0 Å². The van der Waals surface area contributed by atoms with Crippen LogP contribution < -0.4 is 68.9 Å². The smallest absolute Gasteiger partial charge is 0.566 e. The summed E-state index contributed by atoms with van der Waals surface area (Å²) < 4.78 is 26.4. The Morgan fingerprint density at radius 1 is 1.00 bits per heavy atom. The normalized spacial score (nSPS) is 10.7. The van der Waals surface area contributed by atoms with Crippen molar-refractivity contribution in [1.82, 2.24) is 0 Å². The number of hydrogen-bond acceptors (Lipinski definition) is 6. The zero-order valence-electron chi connectivity index (χ0n) is 6.05. The van der Waals surface area contributed by atoms with Gasteiger partial charge >= 0.3 is 75.6 Å². The van der Waals surface area contributed by atoms with Gasteiger partial charge in [0, 0.05) is 0 Å². The average molecular weight is 218 g/mol. The summed E-state index contributed by atoms with van der Waals surface area (Å²) in [6.45, 7) is -0.780. The van der Waals surface area contributed by atoms with Crippen LogP contribution in [0, 0.1) is 0 Å². The zero-order chi connectivity index (χ0) is 7.28. The van der Waals surface area contributed by atoms with Crippen molar-refractivity contribution in [2.24, 2.45) is 0 Å². The van der Waals surface area contributed by atoms with Crippen LogP contribution >= 0.6 is 16.5 Å². The summed E-state index contributed by atoms with van der Waals surface area (Å²) in [5, 5.41) is 0. The molecule has 0 aromatic carbocycles. The van der Waals surface area contributed by atoms with Crippen LogP contribution in [0.1, 0.15) is 0 Å². The standard InChI is InChI=1S/CH2O6P2.2Na/c2-8(3)6-1-7-9(4)5;;/h1H2;;/q;2*+1. The Labute approximate surface area is 109 Å². The number of hydrogen-bond donors (Lipinski definition) is 0. The van der Waals surface area contributed by atoms with E-state index in [2.05, 4.69) is 9.05 Å². The third kappa shape index (κ3) is 18.8. The topological polar surface area (TPSA) is 98.7 Å². The molecule has 0 saturated heterocycles. The van der Waals surface area contributed by atoms with Gasteiger partial charge < -0.3 is 9.79 Å². The molecule has 11 heavy (non-hydrogen) atoms. The maximum absolute atomic E-state index is 9.52. The molecule has 0 spiro atoms. The molecule has 2 atom stereocenters. The van der Waals surface area contributed by atoms with Gasteiger partial charge in [-0.1, -0.05) is 0 Å². The fourth-order valence-electron chi connectivity index (χ4n) is 0.110. The van der Waals surface area contributed by atoms with Crippen molar-refractivity contribution >= 4 is 16.5 Å². The van der Waals surface area contributed by atoms with Crippen LogP contribution in [0.15, 0.2) is 0 Å². The van der Waals surface area contributed by atoms with Crippen molar-refractivity contribution in [3.05, 3.63) is 0 Å². The molecule has 0 amide bonds. The van der Waals surface area contributed by atoms with Crippen molar-refractivity contribution < 1.29 is 87.1 Å². The molecule has 0 radical (unpaired) electrons. The summed E-state index contributed by atoms with van der Waals surface area (Å²) in [5.41, 5.74) is 0. The largest absolute Gasteiger partial charge is 1.00 e. The molecule has 0 aliphatic carbocycles. The maximum atomic E-state index is 9.52. The molecule has 0 saturated carbocycles. The van der Waals surface area contributed by atoms with Gasteiger partial charge in [0.05, 0.1) is 0 Å². The molecule has 0 aromatic rings. The van der Waals surface area contributed by atoms with Gasteiger partial charge in [0.25, 0.3) is 6.79 Å². The molecule has 2 unspecified atom stereocenters. The van der Waals surface area contributed by atoms with E-state index in [4.69, 9.17) is 0 Å². The van der Waals surface area contributed by atoms with Crippen LogP contribution in [-0.2, 0) is 18.2 Å². The average Bonchev–Trinajstić information content (AvgIpc) is 1.63. The Bertz CT molecular complexity index is 114.